The first-order valence-corrected chi connectivity index (χ1v) is 13.4. The number of piperidine rings is 1. The van der Waals surface area contributed by atoms with Gasteiger partial charge in [-0.05, 0) is 68.5 Å². The molecule has 0 spiro atoms. The Bertz CT molecular complexity index is 1370. The number of anilines is 2. The molecule has 2 aromatic carbocycles. The molecule has 5 rings (SSSR count). The number of nitrogens with one attached hydrogen (secondary N) is 2. The zero-order chi connectivity index (χ0) is 29.1. The molecule has 2 aliphatic rings. The van der Waals surface area contributed by atoms with Crippen molar-refractivity contribution < 1.29 is 35.9 Å². The average molecular weight is 582 g/mol. The predicted molar refractivity (Wildman–Crippen MR) is 140 cm³/mol. The molecule has 2 N–H and O–H groups in total. The molecule has 1 aromatic heterocycles. The molecule has 1 saturated heterocycles. The van der Waals surface area contributed by atoms with Gasteiger partial charge in [0, 0.05) is 25.3 Å². The molecular formula is C28H29F6N5O2. The van der Waals surface area contributed by atoms with E-state index in [-0.39, 0.29) is 41.8 Å². The van der Waals surface area contributed by atoms with E-state index in [1.165, 1.54) is 36.5 Å². The number of benzene rings is 2. The van der Waals surface area contributed by atoms with Gasteiger partial charge in [-0.1, -0.05) is 12.1 Å². The summed E-state index contributed by atoms with van der Waals surface area (Å²) in [4.78, 5) is 14.6. The van der Waals surface area contributed by atoms with Crippen LogP contribution >= 0.6 is 0 Å². The fourth-order valence-corrected chi connectivity index (χ4v) is 4.97. The number of carbonyl (C=O) groups is 1. The van der Waals surface area contributed by atoms with Crippen molar-refractivity contribution in [1.82, 2.24) is 15.1 Å². The molecule has 41 heavy (non-hydrogen) atoms. The van der Waals surface area contributed by atoms with Gasteiger partial charge in [-0.3, -0.25) is 9.48 Å². The van der Waals surface area contributed by atoms with Crippen LogP contribution in [0.3, 0.4) is 0 Å². The Morgan fingerprint density at radius 3 is 2.56 bits per heavy atom. The summed E-state index contributed by atoms with van der Waals surface area (Å²) < 4.78 is 90.5. The molecule has 220 valence electrons. The standard InChI is InChI=1S/C28H29F6N5O2/c29-19-5-1-2-6-22(19)41-23-10-9-20(36-27(40)21-11-13-39(37-21)16-24(30)31)26(25(23)28(32,33)34)38-12-3-4-17(15-38)14-35-18-7-8-18/h1-2,5-6,9-11,13,17-18,24,35H,3-4,7-8,12,14-16H2,(H,36,40)/t17-/m0/s1. The number of para-hydroxylation sites is 1. The van der Waals surface area contributed by atoms with Crippen molar-refractivity contribution in [3.63, 3.8) is 0 Å². The van der Waals surface area contributed by atoms with Crippen LogP contribution in [-0.2, 0) is 12.7 Å². The summed E-state index contributed by atoms with van der Waals surface area (Å²) in [5.74, 6) is -2.62. The lowest BCUT2D eigenvalue weighted by Crippen LogP contribution is -2.41. The van der Waals surface area contributed by atoms with Crippen LogP contribution in [0, 0.1) is 11.7 Å². The second-order valence-electron chi connectivity index (χ2n) is 10.3. The molecule has 1 aliphatic heterocycles. The highest BCUT2D eigenvalue weighted by molar-refractivity contribution is 6.05. The number of hydrogen-bond acceptors (Lipinski definition) is 5. The Morgan fingerprint density at radius 1 is 1.07 bits per heavy atom. The number of alkyl halides is 5. The van der Waals surface area contributed by atoms with E-state index in [0.717, 1.165) is 36.1 Å². The van der Waals surface area contributed by atoms with Crippen molar-refractivity contribution >= 4 is 17.3 Å². The molecule has 1 aliphatic carbocycles. The van der Waals surface area contributed by atoms with E-state index in [2.05, 4.69) is 15.7 Å². The minimum absolute atomic E-state index is 0.0650. The van der Waals surface area contributed by atoms with Crippen LogP contribution in [0.2, 0.25) is 0 Å². The molecule has 13 heteroatoms. The summed E-state index contributed by atoms with van der Waals surface area (Å²) >= 11 is 0. The van der Waals surface area contributed by atoms with Gasteiger partial charge in [0.15, 0.2) is 17.3 Å². The summed E-state index contributed by atoms with van der Waals surface area (Å²) in [7, 11) is 0. The zero-order valence-electron chi connectivity index (χ0n) is 21.9. The van der Waals surface area contributed by atoms with Gasteiger partial charge < -0.3 is 20.3 Å². The number of aromatic nitrogens is 2. The van der Waals surface area contributed by atoms with Gasteiger partial charge in [-0.25, -0.2) is 13.2 Å². The summed E-state index contributed by atoms with van der Waals surface area (Å²) in [6.45, 7) is 0.496. The van der Waals surface area contributed by atoms with Gasteiger partial charge >= 0.3 is 6.18 Å². The third kappa shape index (κ3) is 7.13. The molecular weight excluding hydrogens is 552 g/mol. The minimum Gasteiger partial charge on any atom is -0.454 e. The van der Waals surface area contributed by atoms with Gasteiger partial charge in [0.25, 0.3) is 12.3 Å². The molecule has 1 atom stereocenters. The monoisotopic (exact) mass is 581 g/mol. The Hall–Kier alpha value is -3.74. The van der Waals surface area contributed by atoms with Gasteiger partial charge in [-0.2, -0.15) is 18.3 Å². The summed E-state index contributed by atoms with van der Waals surface area (Å²) in [5.41, 5.74) is -1.84. The molecule has 2 heterocycles. The highest BCUT2D eigenvalue weighted by atomic mass is 19.4. The smallest absolute Gasteiger partial charge is 0.422 e. The summed E-state index contributed by atoms with van der Waals surface area (Å²) in [6, 6.07) is 9.07. The van der Waals surface area contributed by atoms with Crippen molar-refractivity contribution in [3.8, 4) is 11.5 Å². The van der Waals surface area contributed by atoms with E-state index in [0.29, 0.717) is 19.0 Å². The molecule has 1 amide bonds. The molecule has 3 aromatic rings. The molecule has 7 nitrogen and oxygen atoms in total. The lowest BCUT2D eigenvalue weighted by atomic mass is 9.95. The maximum atomic E-state index is 14.8. The van der Waals surface area contributed by atoms with Gasteiger partial charge in [0.05, 0.1) is 11.4 Å². The van der Waals surface area contributed by atoms with Crippen molar-refractivity contribution in [2.45, 2.75) is 50.9 Å². The number of nitrogens with zero attached hydrogens (tertiary/aromatic N) is 3. The third-order valence-corrected chi connectivity index (χ3v) is 7.03. The Kier molecular flexibility index (Phi) is 8.43. The quantitative estimate of drug-likeness (QED) is 0.274. The van der Waals surface area contributed by atoms with Crippen molar-refractivity contribution in [2.24, 2.45) is 5.92 Å². The molecule has 0 radical (unpaired) electrons. The SMILES string of the molecule is O=C(Nc1ccc(Oc2ccccc2F)c(C(F)(F)F)c1N1CCC[C@@H](CNC2CC2)C1)c1ccn(CC(F)F)n1. The van der Waals surface area contributed by atoms with Crippen molar-refractivity contribution in [3.05, 3.63) is 65.7 Å². The van der Waals surface area contributed by atoms with E-state index in [9.17, 15) is 31.1 Å². The fourth-order valence-electron chi connectivity index (χ4n) is 4.97. The number of ether oxygens (including phenoxy) is 1. The van der Waals surface area contributed by atoms with E-state index in [1.807, 2.05) is 0 Å². The van der Waals surface area contributed by atoms with Gasteiger partial charge in [0.1, 0.15) is 17.9 Å². The second kappa shape index (κ2) is 12.0. The highest BCUT2D eigenvalue weighted by Gasteiger charge is 2.41. The number of carbonyl (C=O) groups excluding carboxylic acids is 1. The molecule has 2 fully saturated rings. The van der Waals surface area contributed by atoms with Crippen LogP contribution in [0.1, 0.15) is 41.7 Å². The first-order chi connectivity index (χ1) is 19.6. The highest BCUT2D eigenvalue weighted by Crippen LogP contribution is 2.48. The first kappa shape index (κ1) is 28.8. The maximum Gasteiger partial charge on any atom is 0.422 e. The molecule has 1 saturated carbocycles. The van der Waals surface area contributed by atoms with E-state index in [1.54, 1.807) is 4.90 Å². The number of hydrogen-bond donors (Lipinski definition) is 2. The van der Waals surface area contributed by atoms with Crippen LogP contribution < -0.4 is 20.3 Å². The maximum absolute atomic E-state index is 14.8. The molecule has 0 bridgehead atoms. The normalized spacial score (nSPS) is 17.6. The topological polar surface area (TPSA) is 71.4 Å². The van der Waals surface area contributed by atoms with Crippen LogP contribution in [0.15, 0.2) is 48.7 Å². The summed E-state index contributed by atoms with van der Waals surface area (Å²) in [5, 5.41) is 9.74. The van der Waals surface area contributed by atoms with Gasteiger partial charge in [-0.15, -0.1) is 0 Å². The lowest BCUT2D eigenvalue weighted by Gasteiger charge is -2.37. The van der Waals surface area contributed by atoms with Crippen LogP contribution in [-0.4, -0.2) is 47.8 Å². The Morgan fingerprint density at radius 2 is 1.85 bits per heavy atom. The summed E-state index contributed by atoms with van der Waals surface area (Å²) in [6.07, 6.45) is -2.84. The van der Waals surface area contributed by atoms with E-state index < -0.39 is 42.2 Å². The number of rotatable bonds is 10. The van der Waals surface area contributed by atoms with Crippen molar-refractivity contribution in [2.75, 3.05) is 29.9 Å². The zero-order valence-corrected chi connectivity index (χ0v) is 21.9. The largest absolute Gasteiger partial charge is 0.454 e. The van der Waals surface area contributed by atoms with Crippen LogP contribution in [0.4, 0.5) is 37.7 Å². The van der Waals surface area contributed by atoms with E-state index in [4.69, 9.17) is 4.74 Å². The third-order valence-electron chi connectivity index (χ3n) is 7.03. The Labute approximate surface area is 232 Å². The van der Waals surface area contributed by atoms with E-state index >= 15 is 0 Å². The number of halogens is 6. The predicted octanol–water partition coefficient (Wildman–Crippen LogP) is 6.32. The van der Waals surface area contributed by atoms with Crippen molar-refractivity contribution in [1.29, 1.82) is 0 Å². The lowest BCUT2D eigenvalue weighted by molar-refractivity contribution is -0.138. The fraction of sp³-hybridized carbons (Fsp3) is 0.429. The van der Waals surface area contributed by atoms with Gasteiger partial charge in [0.2, 0.25) is 0 Å². The van der Waals surface area contributed by atoms with Crippen LogP contribution in [0.25, 0.3) is 0 Å². The second-order valence-corrected chi connectivity index (χ2v) is 10.3. The number of amides is 1. The Balaban J connectivity index is 1.52. The first-order valence-electron chi connectivity index (χ1n) is 13.4. The van der Waals surface area contributed by atoms with Crippen LogP contribution in [0.5, 0.6) is 11.5 Å². The average Bonchev–Trinajstić information content (AvgIpc) is 3.64. The molecule has 0 unspecified atom stereocenters. The minimum atomic E-state index is -4.94.